The van der Waals surface area contributed by atoms with Gasteiger partial charge in [0, 0.05) is 43.0 Å². The van der Waals surface area contributed by atoms with Crippen molar-refractivity contribution in [3.63, 3.8) is 0 Å². The molecule has 166 valence electrons. The lowest BCUT2D eigenvalue weighted by Gasteiger charge is -2.35. The van der Waals surface area contributed by atoms with Crippen LogP contribution in [0.5, 0.6) is 0 Å². The summed E-state index contributed by atoms with van der Waals surface area (Å²) >= 11 is 0. The number of piperazine rings is 1. The Kier molecular flexibility index (Phi) is 6.06. The van der Waals surface area contributed by atoms with Gasteiger partial charge >= 0.3 is 0 Å². The lowest BCUT2D eigenvalue weighted by molar-refractivity contribution is 0.241. The van der Waals surface area contributed by atoms with Crippen LogP contribution >= 0.6 is 0 Å². The van der Waals surface area contributed by atoms with Crippen LogP contribution in [-0.2, 0) is 0 Å². The van der Waals surface area contributed by atoms with Gasteiger partial charge in [0.15, 0.2) is 0 Å². The van der Waals surface area contributed by atoms with E-state index in [1.807, 2.05) is 18.3 Å². The molecule has 0 bridgehead atoms. The number of hydrogen-bond acceptors (Lipinski definition) is 6. The molecule has 1 fully saturated rings. The fraction of sp³-hybridized carbons (Fsp3) is 0.385. The number of benzene rings is 2. The van der Waals surface area contributed by atoms with Crippen LogP contribution in [0.2, 0.25) is 0 Å². The number of fused-ring (bicyclic) bond motifs is 2. The van der Waals surface area contributed by atoms with Gasteiger partial charge in [0.25, 0.3) is 0 Å². The molecular weight excluding hydrogens is 396 g/mol. The first-order valence-electron chi connectivity index (χ1n) is 11.7. The molecule has 0 aliphatic carbocycles. The fourth-order valence-corrected chi connectivity index (χ4v) is 4.76. The number of anilines is 1. The molecule has 2 N–H and O–H groups in total. The van der Waals surface area contributed by atoms with Gasteiger partial charge in [-0.05, 0) is 56.5 Å². The monoisotopic (exact) mass is 428 g/mol. The number of hydrogen-bond donors (Lipinski definition) is 1. The topological polar surface area (TPSA) is 61.0 Å². The minimum Gasteiger partial charge on any atom is -0.354 e. The maximum atomic E-state index is 6.20. The van der Waals surface area contributed by atoms with E-state index in [9.17, 15) is 0 Å². The van der Waals surface area contributed by atoms with Crippen molar-refractivity contribution < 1.29 is 0 Å². The maximum Gasteiger partial charge on any atom is 0.135 e. The van der Waals surface area contributed by atoms with Crippen LogP contribution in [0, 0.1) is 6.92 Å². The van der Waals surface area contributed by atoms with Crippen molar-refractivity contribution in [1.29, 1.82) is 0 Å². The van der Waals surface area contributed by atoms with E-state index < -0.39 is 0 Å². The van der Waals surface area contributed by atoms with Gasteiger partial charge in [0.05, 0.1) is 10.9 Å². The zero-order chi connectivity index (χ0) is 21.9. The predicted octanol–water partition coefficient (Wildman–Crippen LogP) is 2.41. The molecular formula is C26H32N6. The minimum absolute atomic E-state index is 0.0453. The van der Waals surface area contributed by atoms with Crippen molar-refractivity contribution in [2.45, 2.75) is 32.4 Å². The number of pyridine rings is 1. The Hall–Kier alpha value is -2.96. The third kappa shape index (κ3) is 4.47. The zero-order valence-corrected chi connectivity index (χ0v) is 18.8. The quantitative estimate of drug-likeness (QED) is 0.483. The summed E-state index contributed by atoms with van der Waals surface area (Å²) in [5.74, 6) is 7.31. The van der Waals surface area contributed by atoms with Gasteiger partial charge in [-0.15, -0.1) is 0 Å². The lowest BCUT2D eigenvalue weighted by atomic mass is 10.1. The predicted molar refractivity (Wildman–Crippen MR) is 130 cm³/mol. The molecule has 1 aromatic heterocycles. The zero-order valence-electron chi connectivity index (χ0n) is 18.8. The van der Waals surface area contributed by atoms with Gasteiger partial charge in [-0.1, -0.05) is 36.4 Å². The van der Waals surface area contributed by atoms with E-state index in [2.05, 4.69) is 59.2 Å². The largest absolute Gasteiger partial charge is 0.354 e. The number of para-hydroxylation sites is 2. The summed E-state index contributed by atoms with van der Waals surface area (Å²) in [6, 6.07) is 18.8. The average molecular weight is 429 g/mol. The first kappa shape index (κ1) is 20.9. The molecule has 3 heterocycles. The third-order valence-electron chi connectivity index (χ3n) is 6.65. The molecule has 6 nitrogen and oxygen atoms in total. The Morgan fingerprint density at radius 3 is 2.62 bits per heavy atom. The first-order valence-corrected chi connectivity index (χ1v) is 11.7. The number of rotatable bonds is 6. The number of nitrogens with zero attached hydrogens (tertiary/aromatic N) is 5. The molecule has 2 aromatic carbocycles. The molecule has 0 saturated carbocycles. The Labute approximate surface area is 189 Å². The highest BCUT2D eigenvalue weighted by molar-refractivity contribution is 5.83. The van der Waals surface area contributed by atoms with E-state index in [4.69, 9.17) is 15.8 Å². The first-order chi connectivity index (χ1) is 15.7. The van der Waals surface area contributed by atoms with Crippen LogP contribution in [-0.4, -0.2) is 53.8 Å². The second kappa shape index (κ2) is 9.27. The highest BCUT2D eigenvalue weighted by Crippen LogP contribution is 2.23. The molecule has 2 aliphatic heterocycles. The van der Waals surface area contributed by atoms with Gasteiger partial charge in [0.2, 0.25) is 0 Å². The Morgan fingerprint density at radius 2 is 1.75 bits per heavy atom. The van der Waals surface area contributed by atoms with Crippen LogP contribution in [0.4, 0.5) is 5.82 Å². The summed E-state index contributed by atoms with van der Waals surface area (Å²) < 4.78 is 0. The molecule has 0 spiro atoms. The summed E-state index contributed by atoms with van der Waals surface area (Å²) in [6.07, 6.45) is 5.35. The highest BCUT2D eigenvalue weighted by Gasteiger charge is 2.19. The number of aryl methyl sites for hydroxylation is 1. The second-order valence-corrected chi connectivity index (χ2v) is 8.88. The average Bonchev–Trinajstić information content (AvgIpc) is 2.82. The van der Waals surface area contributed by atoms with Gasteiger partial charge < -0.3 is 4.90 Å². The summed E-state index contributed by atoms with van der Waals surface area (Å²) in [5, 5.41) is 5.16. The number of unbranched alkanes of at least 4 members (excludes halogenated alkanes) is 1. The fourth-order valence-electron chi connectivity index (χ4n) is 4.76. The summed E-state index contributed by atoms with van der Waals surface area (Å²) in [5.41, 5.74) is 2.39. The van der Waals surface area contributed by atoms with E-state index in [0.717, 1.165) is 67.5 Å². The van der Waals surface area contributed by atoms with E-state index >= 15 is 0 Å². The molecule has 1 atom stereocenters. The van der Waals surface area contributed by atoms with E-state index in [1.54, 1.807) is 5.01 Å². The Bertz CT molecular complexity index is 1200. The molecule has 2 aliphatic rings. The van der Waals surface area contributed by atoms with Crippen molar-refractivity contribution in [1.82, 2.24) is 14.9 Å². The van der Waals surface area contributed by atoms with Crippen molar-refractivity contribution >= 4 is 22.9 Å². The van der Waals surface area contributed by atoms with E-state index in [-0.39, 0.29) is 6.17 Å². The maximum absolute atomic E-state index is 6.20. The molecule has 1 unspecified atom stereocenters. The number of aromatic nitrogens is 1. The lowest BCUT2D eigenvalue weighted by Crippen LogP contribution is -2.47. The van der Waals surface area contributed by atoms with Crippen molar-refractivity contribution in [3.8, 4) is 0 Å². The van der Waals surface area contributed by atoms with Crippen molar-refractivity contribution in [2.24, 2.45) is 10.8 Å². The van der Waals surface area contributed by atoms with Gasteiger partial charge in [-0.3, -0.25) is 14.9 Å². The second-order valence-electron chi connectivity index (χ2n) is 8.88. The molecule has 32 heavy (non-hydrogen) atoms. The Balaban J connectivity index is 1.10. The summed E-state index contributed by atoms with van der Waals surface area (Å²) in [6.45, 7) is 7.56. The van der Waals surface area contributed by atoms with Gasteiger partial charge in [-0.2, -0.15) is 0 Å². The number of hydrazine groups is 1. The van der Waals surface area contributed by atoms with Crippen LogP contribution in [0.3, 0.4) is 0 Å². The molecule has 1 saturated heterocycles. The van der Waals surface area contributed by atoms with Crippen LogP contribution < -0.4 is 21.3 Å². The third-order valence-corrected chi connectivity index (χ3v) is 6.65. The van der Waals surface area contributed by atoms with Crippen LogP contribution in [0.25, 0.3) is 17.1 Å². The molecule has 6 heteroatoms. The van der Waals surface area contributed by atoms with Crippen LogP contribution in [0.15, 0.2) is 59.6 Å². The van der Waals surface area contributed by atoms with Crippen LogP contribution in [0.1, 0.15) is 24.8 Å². The highest BCUT2D eigenvalue weighted by atomic mass is 15.4. The van der Waals surface area contributed by atoms with Crippen molar-refractivity contribution in [3.05, 3.63) is 70.7 Å². The normalized spacial score (nSPS) is 18.9. The Morgan fingerprint density at radius 1 is 0.969 bits per heavy atom. The summed E-state index contributed by atoms with van der Waals surface area (Å²) in [4.78, 5) is 14.7. The van der Waals surface area contributed by atoms with Gasteiger partial charge in [0.1, 0.15) is 12.0 Å². The molecule has 3 aromatic rings. The smallest absolute Gasteiger partial charge is 0.135 e. The van der Waals surface area contributed by atoms with E-state index in [0.29, 0.717) is 0 Å². The number of nitrogens with two attached hydrogens (primary N) is 1. The molecule has 0 amide bonds. The standard InChI is InChI=1S/C26H32N6/c1-20-18-26(29-24-11-5-3-9-22(20)24)31-16-14-30(15-17-31)13-7-6-12-25-28-23-10-4-2-8-21(23)19-32(25)27/h2-5,8-11,18-19,25H,6-7,12-17,27H2,1H3. The van der Waals surface area contributed by atoms with Crippen molar-refractivity contribution in [2.75, 3.05) is 37.6 Å². The SMILES string of the molecule is Cc1cc(N2CCN(CCCCC3N=c4ccccc4=CN3N)CC2)nc2ccccc12. The molecule has 0 radical (unpaired) electrons. The van der Waals surface area contributed by atoms with Gasteiger partial charge in [-0.25, -0.2) is 10.8 Å². The molecule has 5 rings (SSSR count). The van der Waals surface area contributed by atoms with E-state index in [1.165, 1.54) is 17.4 Å². The minimum atomic E-state index is 0.0453. The summed E-state index contributed by atoms with van der Waals surface area (Å²) in [7, 11) is 0.